The van der Waals surface area contributed by atoms with Crippen molar-refractivity contribution in [2.75, 3.05) is 11.9 Å². The van der Waals surface area contributed by atoms with Gasteiger partial charge >= 0.3 is 6.03 Å². The first-order chi connectivity index (χ1) is 11.5. The summed E-state index contributed by atoms with van der Waals surface area (Å²) in [6.07, 6.45) is 0. The molecule has 1 aromatic carbocycles. The van der Waals surface area contributed by atoms with E-state index in [0.29, 0.717) is 28.2 Å². The summed E-state index contributed by atoms with van der Waals surface area (Å²) < 4.78 is 4.26. The third kappa shape index (κ3) is 5.24. The molecule has 0 fully saturated rings. The summed E-state index contributed by atoms with van der Waals surface area (Å²) in [7, 11) is 0. The summed E-state index contributed by atoms with van der Waals surface area (Å²) in [6, 6.07) is 9.50. The van der Waals surface area contributed by atoms with E-state index in [2.05, 4.69) is 15.0 Å². The Morgan fingerprint density at radius 3 is 2.62 bits per heavy atom. The highest BCUT2D eigenvalue weighted by Gasteiger charge is 2.20. The average Bonchev–Trinajstić information content (AvgIpc) is 2.94. The van der Waals surface area contributed by atoms with Crippen LogP contribution in [0.1, 0.15) is 29.8 Å². The fourth-order valence-corrected chi connectivity index (χ4v) is 3.77. The number of nitrogens with zero attached hydrogens (tertiary/aromatic N) is 1. The molecule has 3 amide bonds. The van der Waals surface area contributed by atoms with Crippen LogP contribution in [-0.4, -0.2) is 22.9 Å². The fourth-order valence-electron chi connectivity index (χ4n) is 1.85. The molecule has 8 heteroatoms. The molecule has 1 heterocycles. The Morgan fingerprint density at radius 2 is 2.00 bits per heavy atom. The van der Waals surface area contributed by atoms with Crippen molar-refractivity contribution >= 4 is 40.2 Å². The maximum absolute atomic E-state index is 11.9. The van der Waals surface area contributed by atoms with Crippen LogP contribution in [0, 0.1) is 5.92 Å². The van der Waals surface area contributed by atoms with Crippen molar-refractivity contribution in [3.8, 4) is 0 Å². The second kappa shape index (κ2) is 8.70. The summed E-state index contributed by atoms with van der Waals surface area (Å²) in [5.74, 6) is 0.410. The van der Waals surface area contributed by atoms with Crippen LogP contribution in [-0.2, 0) is 5.75 Å². The third-order valence-electron chi connectivity index (χ3n) is 3.02. The van der Waals surface area contributed by atoms with Crippen molar-refractivity contribution in [1.82, 2.24) is 9.69 Å². The number of benzene rings is 1. The van der Waals surface area contributed by atoms with Crippen molar-refractivity contribution in [3.63, 3.8) is 0 Å². The Kier molecular flexibility index (Phi) is 6.62. The molecule has 0 radical (unpaired) electrons. The van der Waals surface area contributed by atoms with Gasteiger partial charge in [-0.1, -0.05) is 55.9 Å². The maximum atomic E-state index is 11.9. The smallest absolute Gasteiger partial charge is 0.319 e. The minimum atomic E-state index is -0.599. The van der Waals surface area contributed by atoms with Crippen LogP contribution in [0.25, 0.3) is 0 Å². The number of thioether (sulfide) groups is 1. The van der Waals surface area contributed by atoms with Crippen molar-refractivity contribution in [2.24, 2.45) is 11.7 Å². The molecule has 2 rings (SSSR count). The zero-order chi connectivity index (χ0) is 17.5. The number of nitrogens with one attached hydrogen (secondary N) is 2. The highest BCUT2D eigenvalue weighted by molar-refractivity contribution is 7.98. The van der Waals surface area contributed by atoms with E-state index >= 15 is 0 Å². The number of anilines is 1. The number of hydrogen-bond donors (Lipinski definition) is 3. The first-order valence-corrected chi connectivity index (χ1v) is 9.24. The second-order valence-corrected chi connectivity index (χ2v) is 7.30. The largest absolute Gasteiger partial charge is 0.365 e. The molecule has 0 bridgehead atoms. The monoisotopic (exact) mass is 364 g/mol. The average molecular weight is 364 g/mol. The van der Waals surface area contributed by atoms with Crippen LogP contribution in [0.4, 0.5) is 9.80 Å². The van der Waals surface area contributed by atoms with Gasteiger partial charge in [-0.3, -0.25) is 10.1 Å². The molecule has 0 spiro atoms. The first-order valence-electron chi connectivity index (χ1n) is 7.48. The lowest BCUT2D eigenvalue weighted by atomic mass is 10.2. The van der Waals surface area contributed by atoms with Crippen LogP contribution in [0.15, 0.2) is 35.4 Å². The minimum Gasteiger partial charge on any atom is -0.365 e. The molecule has 0 aliphatic rings. The number of aromatic nitrogens is 1. The van der Waals surface area contributed by atoms with Gasteiger partial charge in [0.1, 0.15) is 15.6 Å². The third-order valence-corrected chi connectivity index (χ3v) is 4.95. The van der Waals surface area contributed by atoms with Gasteiger partial charge in [0.15, 0.2) is 0 Å². The molecule has 4 N–H and O–H groups in total. The lowest BCUT2D eigenvalue weighted by molar-refractivity contribution is 0.0998. The number of amides is 3. The SMILES string of the molecule is CC(C)CNC(=O)Nc1snc(SCc2ccccc2)c1C(N)=O. The molecule has 128 valence electrons. The summed E-state index contributed by atoms with van der Waals surface area (Å²) in [5.41, 5.74) is 6.85. The molecule has 0 saturated carbocycles. The Morgan fingerprint density at radius 1 is 1.29 bits per heavy atom. The van der Waals surface area contributed by atoms with Gasteiger partial charge in [-0.05, 0) is 23.0 Å². The Hall–Kier alpha value is -2.06. The van der Waals surface area contributed by atoms with E-state index in [1.54, 1.807) is 0 Å². The van der Waals surface area contributed by atoms with Crippen molar-refractivity contribution in [2.45, 2.75) is 24.6 Å². The van der Waals surface area contributed by atoms with Crippen molar-refractivity contribution in [3.05, 3.63) is 41.5 Å². The Balaban J connectivity index is 2.06. The Bertz CT molecular complexity index is 701. The zero-order valence-electron chi connectivity index (χ0n) is 13.5. The maximum Gasteiger partial charge on any atom is 0.319 e. The van der Waals surface area contributed by atoms with Crippen LogP contribution < -0.4 is 16.4 Å². The number of hydrogen-bond acceptors (Lipinski definition) is 5. The number of carbonyl (C=O) groups excluding carboxylic acids is 2. The van der Waals surface area contributed by atoms with Crippen LogP contribution in [0.3, 0.4) is 0 Å². The van der Waals surface area contributed by atoms with Gasteiger partial charge < -0.3 is 11.1 Å². The van der Waals surface area contributed by atoms with Crippen LogP contribution in [0.5, 0.6) is 0 Å². The molecule has 0 aliphatic carbocycles. The predicted octanol–water partition coefficient (Wildman–Crippen LogP) is 3.31. The van der Waals surface area contributed by atoms with E-state index in [9.17, 15) is 9.59 Å². The molecule has 0 aliphatic heterocycles. The molecule has 1 aromatic heterocycles. The number of primary amides is 1. The number of rotatable bonds is 7. The van der Waals surface area contributed by atoms with E-state index in [4.69, 9.17) is 5.73 Å². The molecule has 2 aromatic rings. The minimum absolute atomic E-state index is 0.264. The standard InChI is InChI=1S/C16H20N4O2S2/c1-10(2)8-18-16(22)19-14-12(13(17)21)15(20-24-14)23-9-11-6-4-3-5-7-11/h3-7,10H,8-9H2,1-2H3,(H2,17,21)(H2,18,19,22). The topological polar surface area (TPSA) is 97.1 Å². The molecule has 0 unspecified atom stereocenters. The van der Waals surface area contributed by atoms with Crippen molar-refractivity contribution in [1.29, 1.82) is 0 Å². The van der Waals surface area contributed by atoms with Gasteiger partial charge in [0, 0.05) is 12.3 Å². The zero-order valence-corrected chi connectivity index (χ0v) is 15.2. The van der Waals surface area contributed by atoms with E-state index in [1.165, 1.54) is 11.8 Å². The van der Waals surface area contributed by atoms with E-state index in [1.807, 2.05) is 44.2 Å². The fraction of sp³-hybridized carbons (Fsp3) is 0.312. The number of nitrogens with two attached hydrogens (primary N) is 1. The molecular formula is C16H20N4O2S2. The normalized spacial score (nSPS) is 10.6. The van der Waals surface area contributed by atoms with Gasteiger partial charge in [-0.25, -0.2) is 4.79 Å². The Labute approximate surface area is 149 Å². The van der Waals surface area contributed by atoms with E-state index < -0.39 is 5.91 Å². The molecule has 0 atom stereocenters. The quantitative estimate of drug-likeness (QED) is 0.657. The summed E-state index contributed by atoms with van der Waals surface area (Å²) in [5, 5.41) is 6.30. The molecule has 24 heavy (non-hydrogen) atoms. The van der Waals surface area contributed by atoms with Crippen LogP contribution >= 0.6 is 23.3 Å². The van der Waals surface area contributed by atoms with Gasteiger partial charge in [0.25, 0.3) is 5.91 Å². The van der Waals surface area contributed by atoms with E-state index in [-0.39, 0.29) is 11.6 Å². The van der Waals surface area contributed by atoms with Crippen molar-refractivity contribution < 1.29 is 9.59 Å². The summed E-state index contributed by atoms with van der Waals surface area (Å²) in [4.78, 5) is 23.6. The van der Waals surface area contributed by atoms with Gasteiger partial charge in [-0.15, -0.1) is 0 Å². The van der Waals surface area contributed by atoms with Crippen LogP contribution in [0.2, 0.25) is 0 Å². The summed E-state index contributed by atoms with van der Waals surface area (Å²) >= 11 is 2.48. The number of carbonyl (C=O) groups is 2. The van der Waals surface area contributed by atoms with E-state index in [0.717, 1.165) is 17.1 Å². The highest BCUT2D eigenvalue weighted by atomic mass is 32.2. The van der Waals surface area contributed by atoms with Gasteiger partial charge in [-0.2, -0.15) is 4.37 Å². The number of urea groups is 1. The predicted molar refractivity (Wildman–Crippen MR) is 98.5 cm³/mol. The first kappa shape index (κ1) is 18.3. The molecule has 0 saturated heterocycles. The lowest BCUT2D eigenvalue weighted by Crippen LogP contribution is -2.32. The van der Waals surface area contributed by atoms with Gasteiger partial charge in [0.2, 0.25) is 0 Å². The van der Waals surface area contributed by atoms with Gasteiger partial charge in [0.05, 0.1) is 0 Å². The second-order valence-electron chi connectivity index (χ2n) is 5.56. The molecule has 6 nitrogen and oxygen atoms in total. The summed E-state index contributed by atoms with van der Waals surface area (Å²) in [6.45, 7) is 4.55. The lowest BCUT2D eigenvalue weighted by Gasteiger charge is -2.08. The molecular weight excluding hydrogens is 344 g/mol. The highest BCUT2D eigenvalue weighted by Crippen LogP contribution is 2.33.